The molecule has 0 aliphatic carbocycles. The minimum atomic E-state index is -5.84. The average molecular weight is 588 g/mol. The molecule has 3 aromatic carbocycles. The first-order valence-electron chi connectivity index (χ1n) is 12.5. The van der Waals surface area contributed by atoms with Gasteiger partial charge in [-0.3, -0.25) is 4.99 Å². The summed E-state index contributed by atoms with van der Waals surface area (Å²) < 4.78 is 68.4. The van der Waals surface area contributed by atoms with E-state index in [1.54, 1.807) is 18.3 Å². The third-order valence-corrected chi connectivity index (χ3v) is 6.30. The maximum atomic E-state index is 13.1. The van der Waals surface area contributed by atoms with E-state index in [0.717, 1.165) is 22.6 Å². The Morgan fingerprint density at radius 1 is 1.00 bits per heavy atom. The molecule has 214 valence electrons. The molecule has 0 aliphatic heterocycles. The molecule has 0 atom stereocenters. The van der Waals surface area contributed by atoms with Gasteiger partial charge in [-0.25, -0.2) is 0 Å². The zero-order valence-electron chi connectivity index (χ0n) is 22.1. The predicted molar refractivity (Wildman–Crippen MR) is 152 cm³/mol. The maximum Gasteiger partial charge on any atom is 0.499 e. The first-order valence-corrected chi connectivity index (χ1v) is 12.9. The van der Waals surface area contributed by atoms with Crippen molar-refractivity contribution in [1.82, 2.24) is 14.8 Å². The van der Waals surface area contributed by atoms with Crippen molar-refractivity contribution in [2.75, 3.05) is 12.3 Å². The van der Waals surface area contributed by atoms with Crippen molar-refractivity contribution in [2.45, 2.75) is 38.5 Å². The fourth-order valence-electron chi connectivity index (χ4n) is 4.00. The van der Waals surface area contributed by atoms with Gasteiger partial charge in [-0.15, -0.1) is 5.10 Å². The summed E-state index contributed by atoms with van der Waals surface area (Å²) in [6.07, 6.45) is -8.75. The number of ether oxygens (including phenoxy) is 1. The van der Waals surface area contributed by atoms with Crippen molar-refractivity contribution in [1.29, 1.82) is 0 Å². The molecule has 4 rings (SSSR count). The van der Waals surface area contributed by atoms with Crippen LogP contribution in [0.1, 0.15) is 36.5 Å². The molecule has 0 saturated carbocycles. The molecule has 0 saturated heterocycles. The van der Waals surface area contributed by atoms with E-state index in [4.69, 9.17) is 18.0 Å². The van der Waals surface area contributed by atoms with Crippen LogP contribution in [0.2, 0.25) is 0 Å². The smallest absolute Gasteiger partial charge is 0.426 e. The number of rotatable bonds is 10. The molecule has 2 N–H and O–H groups in total. The fraction of sp³-hybridized carbons (Fsp3) is 0.241. The molecule has 0 radical (unpaired) electrons. The summed E-state index contributed by atoms with van der Waals surface area (Å²) in [5.41, 5.74) is 10.2. The van der Waals surface area contributed by atoms with E-state index in [1.165, 1.54) is 27.9 Å². The van der Waals surface area contributed by atoms with Crippen LogP contribution in [0.15, 0.2) is 77.8 Å². The van der Waals surface area contributed by atoms with Gasteiger partial charge in [-0.05, 0) is 46.9 Å². The molecular weight excluding hydrogens is 561 g/mol. The number of anilines is 1. The van der Waals surface area contributed by atoms with E-state index in [2.05, 4.69) is 45.8 Å². The highest BCUT2D eigenvalue weighted by Crippen LogP contribution is 2.37. The number of hydrogen-bond acceptors (Lipinski definition) is 6. The monoisotopic (exact) mass is 587 g/mol. The Labute approximate surface area is 238 Å². The number of aromatic nitrogens is 3. The topological polar surface area (TPSA) is 78.3 Å². The number of thiocarbonyl (C=S) groups is 1. The van der Waals surface area contributed by atoms with E-state index in [0.29, 0.717) is 36.0 Å². The second-order valence-corrected chi connectivity index (χ2v) is 10.1. The normalized spacial score (nSPS) is 12.3. The van der Waals surface area contributed by atoms with Gasteiger partial charge in [0.25, 0.3) is 0 Å². The van der Waals surface area contributed by atoms with Crippen LogP contribution >= 0.6 is 12.2 Å². The zero-order chi connectivity index (χ0) is 29.8. The quantitative estimate of drug-likeness (QED) is 0.121. The standard InChI is InChI=1S/C29H26F5N5OS/c1-18(2)25-6-4-3-5-21(25)15-24(41)17-36-16-19-7-9-20(10-8-19)26-37-27(35)39(38-26)22-11-13-23(14-12-22)40-29(33,34)28(30,31)32/h3-14,16,18H,15,17H2,1-2H3,(H2,35,37,38). The molecule has 0 fully saturated rings. The third kappa shape index (κ3) is 7.31. The molecule has 41 heavy (non-hydrogen) atoms. The Balaban J connectivity index is 1.39. The second kappa shape index (κ2) is 12.1. The number of nitrogens with zero attached hydrogens (tertiary/aromatic N) is 4. The Bertz CT molecular complexity index is 1530. The Kier molecular flexibility index (Phi) is 8.81. The molecule has 6 nitrogen and oxygen atoms in total. The maximum absolute atomic E-state index is 13.1. The summed E-state index contributed by atoms with van der Waals surface area (Å²) >= 11 is 5.55. The van der Waals surface area contributed by atoms with Crippen LogP contribution in [-0.4, -0.2) is 44.7 Å². The van der Waals surface area contributed by atoms with Crippen LogP contribution in [0, 0.1) is 0 Å². The Morgan fingerprint density at radius 2 is 1.66 bits per heavy atom. The highest BCUT2D eigenvalue weighted by Gasteiger charge is 2.61. The summed E-state index contributed by atoms with van der Waals surface area (Å²) in [5, 5.41) is 4.33. The van der Waals surface area contributed by atoms with Crippen LogP contribution < -0.4 is 10.5 Å². The molecule has 1 aromatic heterocycles. The largest absolute Gasteiger partial charge is 0.499 e. The van der Waals surface area contributed by atoms with Crippen LogP contribution in [0.4, 0.5) is 27.9 Å². The number of hydrogen-bond donors (Lipinski definition) is 1. The van der Waals surface area contributed by atoms with Crippen molar-refractivity contribution in [3.63, 3.8) is 0 Å². The lowest BCUT2D eigenvalue weighted by Gasteiger charge is -2.20. The number of nitrogens with two attached hydrogens (primary N) is 1. The van der Waals surface area contributed by atoms with Crippen molar-refractivity contribution < 1.29 is 26.7 Å². The number of aliphatic imine (C=N–C) groups is 1. The summed E-state index contributed by atoms with van der Waals surface area (Å²) in [5.74, 6) is 0.0238. The van der Waals surface area contributed by atoms with Gasteiger partial charge in [0.1, 0.15) is 5.75 Å². The molecule has 4 aromatic rings. The number of halogens is 5. The van der Waals surface area contributed by atoms with Gasteiger partial charge in [-0.2, -0.15) is 31.6 Å². The molecule has 1 heterocycles. The van der Waals surface area contributed by atoms with Gasteiger partial charge >= 0.3 is 12.3 Å². The van der Waals surface area contributed by atoms with Gasteiger partial charge in [-0.1, -0.05) is 74.6 Å². The second-order valence-electron chi connectivity index (χ2n) is 9.48. The summed E-state index contributed by atoms with van der Waals surface area (Å²) in [7, 11) is 0. The van der Waals surface area contributed by atoms with Gasteiger partial charge in [0.05, 0.1) is 12.2 Å². The summed E-state index contributed by atoms with van der Waals surface area (Å²) in [6.45, 7) is 4.73. The van der Waals surface area contributed by atoms with E-state index < -0.39 is 18.0 Å². The highest BCUT2D eigenvalue weighted by atomic mass is 32.1. The first kappa shape index (κ1) is 29.8. The van der Waals surface area contributed by atoms with Crippen LogP contribution in [0.25, 0.3) is 17.1 Å². The Hall–Kier alpha value is -4.19. The van der Waals surface area contributed by atoms with Gasteiger partial charge in [0.2, 0.25) is 5.95 Å². The highest BCUT2D eigenvalue weighted by molar-refractivity contribution is 7.80. The molecule has 0 aliphatic rings. The van der Waals surface area contributed by atoms with Gasteiger partial charge in [0, 0.05) is 23.1 Å². The number of alkyl halides is 5. The van der Waals surface area contributed by atoms with Crippen molar-refractivity contribution >= 4 is 29.2 Å². The average Bonchev–Trinajstić information content (AvgIpc) is 3.30. The van der Waals surface area contributed by atoms with Gasteiger partial charge < -0.3 is 10.5 Å². The molecule has 0 amide bonds. The van der Waals surface area contributed by atoms with Crippen molar-refractivity contribution in [2.24, 2.45) is 4.99 Å². The van der Waals surface area contributed by atoms with E-state index in [-0.39, 0.29) is 5.95 Å². The van der Waals surface area contributed by atoms with E-state index in [1.807, 2.05) is 24.3 Å². The first-order chi connectivity index (χ1) is 19.3. The minimum absolute atomic E-state index is 0.00696. The number of nitrogen functional groups attached to an aromatic ring is 1. The minimum Gasteiger partial charge on any atom is -0.426 e. The van der Waals surface area contributed by atoms with Crippen LogP contribution in [-0.2, 0) is 6.42 Å². The lowest BCUT2D eigenvalue weighted by Crippen LogP contribution is -2.41. The molecule has 12 heteroatoms. The molecule has 0 bridgehead atoms. The van der Waals surface area contributed by atoms with Crippen molar-refractivity contribution in [3.8, 4) is 22.8 Å². The predicted octanol–water partition coefficient (Wildman–Crippen LogP) is 7.21. The lowest BCUT2D eigenvalue weighted by atomic mass is 9.94. The van der Waals surface area contributed by atoms with E-state index in [9.17, 15) is 22.0 Å². The summed E-state index contributed by atoms with van der Waals surface area (Å²) in [4.78, 5) is 9.54. The fourth-order valence-corrected chi connectivity index (χ4v) is 4.23. The molecular formula is C29H26F5N5OS. The number of benzene rings is 3. The van der Waals surface area contributed by atoms with Crippen LogP contribution in [0.3, 0.4) is 0 Å². The molecule has 0 spiro atoms. The van der Waals surface area contributed by atoms with Crippen molar-refractivity contribution in [3.05, 3.63) is 89.5 Å². The van der Waals surface area contributed by atoms with E-state index >= 15 is 0 Å². The van der Waals surface area contributed by atoms with Gasteiger partial charge in [0.15, 0.2) is 5.82 Å². The van der Waals surface area contributed by atoms with Crippen LogP contribution in [0.5, 0.6) is 5.75 Å². The summed E-state index contributed by atoms with van der Waals surface area (Å²) in [6, 6.07) is 19.9. The zero-order valence-corrected chi connectivity index (χ0v) is 22.9. The lowest BCUT2D eigenvalue weighted by molar-refractivity contribution is -0.360. The third-order valence-electron chi connectivity index (χ3n) is 6.03. The SMILES string of the molecule is CC(C)c1ccccc1CC(=S)CN=Cc1ccc(-c2nc(N)n(-c3ccc(OC(F)(F)C(F)(F)F)cc3)n2)cc1. The molecule has 0 unspecified atom stereocenters. The Morgan fingerprint density at radius 3 is 2.29 bits per heavy atom.